The second-order valence-corrected chi connectivity index (χ2v) is 4.72. The third-order valence-electron chi connectivity index (χ3n) is 3.19. The molecule has 1 aromatic carbocycles. The number of benzene rings is 1. The molecular formula is C11H10N4O9. The molecule has 13 heteroatoms. The van der Waals surface area contributed by atoms with Gasteiger partial charge in [0.15, 0.2) is 0 Å². The number of nitrogens with zero attached hydrogens (tertiary/aromatic N) is 3. The lowest BCUT2D eigenvalue weighted by molar-refractivity contribution is -0.407. The summed E-state index contributed by atoms with van der Waals surface area (Å²) in [6.07, 6.45) is 1.16. The van der Waals surface area contributed by atoms with Crippen molar-refractivity contribution in [1.82, 2.24) is 5.32 Å². The monoisotopic (exact) mass is 342 g/mol. The smallest absolute Gasteiger partial charge is 0.304 e. The number of carbonyl (C=O) groups excluding carboxylic acids is 1. The fraction of sp³-hybridized carbons (Fsp3) is 0.364. The molecule has 0 unspecified atom stereocenters. The van der Waals surface area contributed by atoms with Crippen molar-refractivity contribution >= 4 is 23.0 Å². The van der Waals surface area contributed by atoms with Crippen LogP contribution in [0.5, 0.6) is 5.75 Å². The van der Waals surface area contributed by atoms with Crippen LogP contribution in [0.15, 0.2) is 12.1 Å². The second-order valence-electron chi connectivity index (χ2n) is 4.72. The van der Waals surface area contributed by atoms with Crippen molar-refractivity contribution in [1.29, 1.82) is 0 Å². The molecule has 1 aliphatic rings. The van der Waals surface area contributed by atoms with Gasteiger partial charge in [0, 0.05) is 0 Å². The number of nitro benzene ring substituents is 3. The van der Waals surface area contributed by atoms with Crippen LogP contribution >= 0.6 is 0 Å². The van der Waals surface area contributed by atoms with Crippen LogP contribution in [0.4, 0.5) is 17.1 Å². The van der Waals surface area contributed by atoms with Gasteiger partial charge in [-0.2, -0.15) is 0 Å². The highest BCUT2D eigenvalue weighted by atomic mass is 17.2. The van der Waals surface area contributed by atoms with Gasteiger partial charge in [0.2, 0.25) is 0 Å². The van der Waals surface area contributed by atoms with Crippen LogP contribution in [-0.2, 0) is 9.68 Å². The molecule has 24 heavy (non-hydrogen) atoms. The Morgan fingerprint density at radius 3 is 2.08 bits per heavy atom. The molecule has 1 fully saturated rings. The molecule has 0 spiro atoms. The number of rotatable bonds is 6. The Kier molecular flexibility index (Phi) is 4.84. The van der Waals surface area contributed by atoms with Gasteiger partial charge in [0.05, 0.1) is 26.9 Å². The number of nitrogens with one attached hydrogen (secondary N) is 1. The van der Waals surface area contributed by atoms with E-state index in [0.717, 1.165) is 0 Å². The summed E-state index contributed by atoms with van der Waals surface area (Å²) in [6, 6.07) is 0.259. The Labute approximate surface area is 132 Å². The molecule has 1 aromatic rings. The van der Waals surface area contributed by atoms with E-state index in [0.29, 0.717) is 31.5 Å². The zero-order chi connectivity index (χ0) is 17.9. The zero-order valence-corrected chi connectivity index (χ0v) is 11.9. The van der Waals surface area contributed by atoms with E-state index in [-0.39, 0.29) is 0 Å². The Morgan fingerprint density at radius 2 is 1.67 bits per heavy atom. The quantitative estimate of drug-likeness (QED) is 0.445. The summed E-state index contributed by atoms with van der Waals surface area (Å²) in [7, 11) is 0. The second kappa shape index (κ2) is 6.82. The SMILES string of the molecule is O=C(OOc1c([N+](=O)[O-])cc([N+](=O)[O-])cc1[N+](=O)[O-])[C@@H]1CCCN1. The fourth-order valence-corrected chi connectivity index (χ4v) is 2.07. The Morgan fingerprint density at radius 1 is 1.08 bits per heavy atom. The molecule has 0 saturated carbocycles. The lowest BCUT2D eigenvalue weighted by Gasteiger charge is -2.09. The van der Waals surface area contributed by atoms with E-state index in [2.05, 4.69) is 15.1 Å². The third kappa shape index (κ3) is 3.52. The lowest BCUT2D eigenvalue weighted by atomic mass is 10.2. The highest BCUT2D eigenvalue weighted by molar-refractivity contribution is 5.76. The summed E-state index contributed by atoms with van der Waals surface area (Å²) in [5.74, 6) is -1.91. The number of carbonyl (C=O) groups is 1. The van der Waals surface area contributed by atoms with E-state index in [1.807, 2.05) is 0 Å². The first-order chi connectivity index (χ1) is 11.3. The molecule has 13 nitrogen and oxygen atoms in total. The third-order valence-corrected chi connectivity index (χ3v) is 3.19. The molecule has 1 aliphatic heterocycles. The van der Waals surface area contributed by atoms with Crippen molar-refractivity contribution in [3.8, 4) is 5.75 Å². The van der Waals surface area contributed by atoms with Crippen molar-refractivity contribution in [3.05, 3.63) is 42.5 Å². The average molecular weight is 342 g/mol. The van der Waals surface area contributed by atoms with E-state index < -0.39 is 49.6 Å². The van der Waals surface area contributed by atoms with Gasteiger partial charge in [0.1, 0.15) is 6.04 Å². The van der Waals surface area contributed by atoms with Crippen molar-refractivity contribution in [2.45, 2.75) is 18.9 Å². The molecule has 1 N–H and O–H groups in total. The largest absolute Gasteiger partial charge is 0.372 e. The molecule has 0 radical (unpaired) electrons. The number of non-ortho nitro benzene ring substituents is 1. The molecule has 128 valence electrons. The van der Waals surface area contributed by atoms with E-state index in [9.17, 15) is 35.1 Å². The van der Waals surface area contributed by atoms with E-state index in [1.165, 1.54) is 0 Å². The van der Waals surface area contributed by atoms with Gasteiger partial charge in [-0.15, -0.1) is 0 Å². The van der Waals surface area contributed by atoms with Crippen LogP contribution in [0, 0.1) is 30.3 Å². The molecule has 1 atom stereocenters. The average Bonchev–Trinajstić information content (AvgIpc) is 3.05. The topological polar surface area (TPSA) is 177 Å². The Hall–Kier alpha value is -3.35. The van der Waals surface area contributed by atoms with Crippen molar-refractivity contribution < 1.29 is 29.3 Å². The molecule has 0 bridgehead atoms. The van der Waals surface area contributed by atoms with Gasteiger partial charge < -0.3 is 5.32 Å². The van der Waals surface area contributed by atoms with Crippen LogP contribution in [0.1, 0.15) is 12.8 Å². The van der Waals surface area contributed by atoms with Crippen LogP contribution < -0.4 is 10.2 Å². The van der Waals surface area contributed by atoms with Gasteiger partial charge >= 0.3 is 23.1 Å². The molecule has 1 heterocycles. The summed E-state index contributed by atoms with van der Waals surface area (Å²) >= 11 is 0. The molecule has 0 aliphatic carbocycles. The zero-order valence-electron chi connectivity index (χ0n) is 11.9. The highest BCUT2D eigenvalue weighted by Crippen LogP contribution is 2.40. The summed E-state index contributed by atoms with van der Waals surface area (Å²) in [5.41, 5.74) is -3.00. The first-order valence-corrected chi connectivity index (χ1v) is 6.54. The summed E-state index contributed by atoms with van der Waals surface area (Å²) in [5, 5.41) is 35.5. The van der Waals surface area contributed by atoms with E-state index in [1.54, 1.807) is 0 Å². The Bertz CT molecular complexity index is 678. The predicted molar refractivity (Wildman–Crippen MR) is 74.1 cm³/mol. The van der Waals surface area contributed by atoms with Gasteiger partial charge in [-0.1, -0.05) is 0 Å². The van der Waals surface area contributed by atoms with E-state index >= 15 is 0 Å². The maximum Gasteiger partial charge on any atom is 0.372 e. The fourth-order valence-electron chi connectivity index (χ4n) is 2.07. The van der Waals surface area contributed by atoms with E-state index in [4.69, 9.17) is 0 Å². The number of nitro groups is 3. The minimum absolute atomic E-state index is 0.451. The summed E-state index contributed by atoms with van der Waals surface area (Å²) in [4.78, 5) is 50.1. The van der Waals surface area contributed by atoms with Crippen LogP contribution in [-0.4, -0.2) is 33.3 Å². The van der Waals surface area contributed by atoms with Gasteiger partial charge in [0.25, 0.3) is 5.69 Å². The van der Waals surface area contributed by atoms with Gasteiger partial charge in [-0.25, -0.2) is 9.68 Å². The lowest BCUT2D eigenvalue weighted by Crippen LogP contribution is -2.33. The summed E-state index contributed by atoms with van der Waals surface area (Å²) in [6.45, 7) is 0.567. The minimum atomic E-state index is -1.11. The maximum absolute atomic E-state index is 11.7. The van der Waals surface area contributed by atoms with Crippen molar-refractivity contribution in [3.63, 3.8) is 0 Å². The van der Waals surface area contributed by atoms with Gasteiger partial charge in [-0.3, -0.25) is 35.2 Å². The number of hydrogen-bond acceptors (Lipinski definition) is 10. The first-order valence-electron chi connectivity index (χ1n) is 6.54. The molecule has 1 saturated heterocycles. The molecular weight excluding hydrogens is 332 g/mol. The maximum atomic E-state index is 11.7. The van der Waals surface area contributed by atoms with Crippen LogP contribution in [0.3, 0.4) is 0 Å². The predicted octanol–water partition coefficient (Wildman–Crippen LogP) is 1.00. The van der Waals surface area contributed by atoms with Gasteiger partial charge in [-0.05, 0) is 19.4 Å². The molecule has 2 rings (SSSR count). The molecule has 0 aromatic heterocycles. The Balaban J connectivity index is 2.35. The van der Waals surface area contributed by atoms with Crippen LogP contribution in [0.25, 0.3) is 0 Å². The minimum Gasteiger partial charge on any atom is -0.304 e. The van der Waals surface area contributed by atoms with Crippen molar-refractivity contribution in [2.75, 3.05) is 6.54 Å². The van der Waals surface area contributed by atoms with Crippen LogP contribution in [0.2, 0.25) is 0 Å². The normalized spacial score (nSPS) is 16.4. The highest BCUT2D eigenvalue weighted by Gasteiger charge is 2.35. The first kappa shape index (κ1) is 17.0. The van der Waals surface area contributed by atoms with Crippen molar-refractivity contribution in [2.24, 2.45) is 0 Å². The summed E-state index contributed by atoms with van der Waals surface area (Å²) < 4.78 is 0. The number of hydrogen-bond donors (Lipinski definition) is 1. The molecule has 0 amide bonds. The standard InChI is InChI=1S/C11H10N4O9/c16-11(7-2-1-3-12-7)24-23-10-8(14(19)20)4-6(13(17)18)5-9(10)15(21)22/h4-5,7,12H,1-3H2/t7-/m0/s1.